The molecule has 0 saturated carbocycles. The van der Waals surface area contributed by atoms with Gasteiger partial charge in [0.1, 0.15) is 11.8 Å². The highest BCUT2D eigenvalue weighted by atomic mass is 79.9. The third-order valence-corrected chi connectivity index (χ3v) is 6.95. The normalized spacial score (nSPS) is 11.9. The van der Waals surface area contributed by atoms with Gasteiger partial charge in [-0.2, -0.15) is 0 Å². The topological polar surface area (TPSA) is 58.6 Å². The van der Waals surface area contributed by atoms with Crippen molar-refractivity contribution in [1.29, 1.82) is 0 Å². The second-order valence-corrected chi connectivity index (χ2v) is 9.85. The molecule has 5 nitrogen and oxygen atoms in total. The highest BCUT2D eigenvalue weighted by molar-refractivity contribution is 9.10. The summed E-state index contributed by atoms with van der Waals surface area (Å²) in [6, 6.07) is 8.21. The fourth-order valence-corrected chi connectivity index (χ4v) is 3.64. The molecule has 0 aliphatic carbocycles. The van der Waals surface area contributed by atoms with Gasteiger partial charge in [0.2, 0.25) is 5.91 Å². The molecular weight excluding hydrogens is 515 g/mol. The van der Waals surface area contributed by atoms with Crippen molar-refractivity contribution >= 4 is 50.9 Å². The van der Waals surface area contributed by atoms with Gasteiger partial charge in [0.25, 0.3) is 5.91 Å². The van der Waals surface area contributed by atoms with E-state index in [0.29, 0.717) is 28.3 Å². The maximum Gasteiger partial charge on any atom is 0.261 e. The summed E-state index contributed by atoms with van der Waals surface area (Å²) in [6.07, 6.45) is 0. The highest BCUT2D eigenvalue weighted by Crippen LogP contribution is 2.27. The molecule has 2 amide bonds. The first-order valence-electron chi connectivity index (χ1n) is 10.4. The summed E-state index contributed by atoms with van der Waals surface area (Å²) >= 11 is 15.7. The second-order valence-electron chi connectivity index (χ2n) is 8.24. The van der Waals surface area contributed by atoms with Crippen molar-refractivity contribution < 1.29 is 14.3 Å². The number of ether oxygens (including phenoxy) is 1. The number of carbonyl (C=O) groups is 2. The van der Waals surface area contributed by atoms with E-state index in [1.807, 2.05) is 39.8 Å². The first-order chi connectivity index (χ1) is 15.0. The molecule has 0 spiro atoms. The quantitative estimate of drug-likeness (QED) is 0.425. The number of hydrogen-bond donors (Lipinski definition) is 1. The molecule has 32 heavy (non-hydrogen) atoms. The minimum atomic E-state index is -0.687. The average Bonchev–Trinajstić information content (AvgIpc) is 2.74. The Balaban J connectivity index is 2.20. The van der Waals surface area contributed by atoms with Crippen molar-refractivity contribution in [2.45, 2.75) is 47.2 Å². The van der Waals surface area contributed by atoms with Gasteiger partial charge < -0.3 is 15.0 Å². The zero-order valence-corrected chi connectivity index (χ0v) is 22.1. The first-order valence-corrected chi connectivity index (χ1v) is 11.9. The Labute approximate surface area is 208 Å². The maximum absolute atomic E-state index is 13.1. The zero-order chi connectivity index (χ0) is 24.0. The lowest BCUT2D eigenvalue weighted by Crippen LogP contribution is -2.49. The molecule has 0 fully saturated rings. The van der Waals surface area contributed by atoms with Gasteiger partial charge in [-0.3, -0.25) is 9.59 Å². The number of hydrogen-bond acceptors (Lipinski definition) is 3. The van der Waals surface area contributed by atoms with Gasteiger partial charge in [-0.1, -0.05) is 59.0 Å². The largest absolute Gasteiger partial charge is 0.484 e. The van der Waals surface area contributed by atoms with E-state index in [9.17, 15) is 9.59 Å². The van der Waals surface area contributed by atoms with Gasteiger partial charge >= 0.3 is 0 Å². The SMILES string of the molecule is Cc1cc(OCC(=O)N(Cc2ccc(Cl)c(Cl)c2)[C@@H](C)C(=O)NCC(C)C)cc(C)c1Br. The molecule has 0 aliphatic rings. The Bertz CT molecular complexity index is 959. The number of carbonyl (C=O) groups excluding carboxylic acids is 2. The number of nitrogens with zero attached hydrogens (tertiary/aromatic N) is 1. The molecule has 0 aromatic heterocycles. The Morgan fingerprint density at radius 2 is 1.69 bits per heavy atom. The summed E-state index contributed by atoms with van der Waals surface area (Å²) < 4.78 is 6.79. The van der Waals surface area contributed by atoms with Crippen molar-refractivity contribution in [3.05, 3.63) is 61.5 Å². The van der Waals surface area contributed by atoms with E-state index < -0.39 is 6.04 Å². The van der Waals surface area contributed by atoms with Crippen molar-refractivity contribution in [1.82, 2.24) is 10.2 Å². The fraction of sp³-hybridized carbons (Fsp3) is 0.417. The van der Waals surface area contributed by atoms with Crippen LogP contribution in [0.1, 0.15) is 37.5 Å². The van der Waals surface area contributed by atoms with Gasteiger partial charge in [0.05, 0.1) is 10.0 Å². The van der Waals surface area contributed by atoms with Gasteiger partial charge in [-0.25, -0.2) is 0 Å². The number of halogens is 3. The van der Waals surface area contributed by atoms with Crippen LogP contribution in [0.15, 0.2) is 34.8 Å². The summed E-state index contributed by atoms with van der Waals surface area (Å²) in [7, 11) is 0. The molecule has 0 heterocycles. The monoisotopic (exact) mass is 542 g/mol. The maximum atomic E-state index is 13.1. The molecule has 2 aromatic rings. The molecule has 1 N–H and O–H groups in total. The lowest BCUT2D eigenvalue weighted by Gasteiger charge is -2.29. The van der Waals surface area contributed by atoms with Crippen molar-refractivity contribution in [2.75, 3.05) is 13.2 Å². The summed E-state index contributed by atoms with van der Waals surface area (Å²) in [5, 5.41) is 3.72. The number of benzene rings is 2. The summed E-state index contributed by atoms with van der Waals surface area (Å²) in [6.45, 7) is 10.2. The zero-order valence-electron chi connectivity index (χ0n) is 19.0. The van der Waals surface area contributed by atoms with Crippen LogP contribution < -0.4 is 10.1 Å². The van der Waals surface area contributed by atoms with Crippen LogP contribution in [0, 0.1) is 19.8 Å². The smallest absolute Gasteiger partial charge is 0.261 e. The highest BCUT2D eigenvalue weighted by Gasteiger charge is 2.27. The van der Waals surface area contributed by atoms with Crippen LogP contribution in [-0.2, 0) is 16.1 Å². The van der Waals surface area contributed by atoms with Crippen molar-refractivity contribution in [3.63, 3.8) is 0 Å². The molecule has 0 saturated heterocycles. The number of nitrogens with one attached hydrogen (secondary N) is 1. The Hall–Kier alpha value is -1.76. The van der Waals surface area contributed by atoms with Crippen LogP contribution in [0.3, 0.4) is 0 Å². The molecule has 0 aliphatic heterocycles. The van der Waals surface area contributed by atoms with E-state index in [4.69, 9.17) is 27.9 Å². The second kappa shape index (κ2) is 11.9. The predicted octanol–water partition coefficient (Wildman–Crippen LogP) is 5.94. The summed E-state index contributed by atoms with van der Waals surface area (Å²) in [4.78, 5) is 27.3. The molecule has 0 unspecified atom stereocenters. The minimum Gasteiger partial charge on any atom is -0.484 e. The molecular formula is C24H29BrCl2N2O3. The van der Waals surface area contributed by atoms with Crippen molar-refractivity contribution in [2.24, 2.45) is 5.92 Å². The average molecular weight is 544 g/mol. The standard InChI is InChI=1S/C24H29BrCl2N2O3/c1-14(2)11-28-24(31)17(5)29(12-18-6-7-20(26)21(27)10-18)22(30)13-32-19-8-15(3)23(25)16(4)9-19/h6-10,14,17H,11-13H2,1-5H3,(H,28,31)/t17-/m0/s1. The van der Waals surface area contributed by atoms with Gasteiger partial charge in [-0.15, -0.1) is 0 Å². The molecule has 2 rings (SSSR count). The van der Waals surface area contributed by atoms with Crippen LogP contribution in [0.4, 0.5) is 0 Å². The lowest BCUT2D eigenvalue weighted by atomic mass is 10.1. The molecule has 1 atom stereocenters. The van der Waals surface area contributed by atoms with Crippen LogP contribution in [0.25, 0.3) is 0 Å². The summed E-state index contributed by atoms with van der Waals surface area (Å²) in [5.74, 6) is 0.379. The van der Waals surface area contributed by atoms with Crippen LogP contribution in [-0.4, -0.2) is 35.9 Å². The fourth-order valence-electron chi connectivity index (χ4n) is 3.09. The minimum absolute atomic E-state index is 0.191. The van der Waals surface area contributed by atoms with E-state index in [1.165, 1.54) is 4.90 Å². The van der Waals surface area contributed by atoms with Gasteiger partial charge in [-0.05, 0) is 67.6 Å². The summed E-state index contributed by atoms with van der Waals surface area (Å²) in [5.41, 5.74) is 2.80. The molecule has 174 valence electrons. The number of amides is 2. The van der Waals surface area contributed by atoms with Crippen LogP contribution in [0.5, 0.6) is 5.75 Å². The van der Waals surface area contributed by atoms with E-state index in [1.54, 1.807) is 25.1 Å². The Kier molecular flexibility index (Phi) is 9.86. The Morgan fingerprint density at radius 3 is 2.25 bits per heavy atom. The number of aryl methyl sites for hydroxylation is 2. The van der Waals surface area contributed by atoms with Crippen LogP contribution in [0.2, 0.25) is 10.0 Å². The predicted molar refractivity (Wildman–Crippen MR) is 133 cm³/mol. The first kappa shape index (κ1) is 26.5. The number of rotatable bonds is 9. The van der Waals surface area contributed by atoms with E-state index in [0.717, 1.165) is 21.2 Å². The third-order valence-electron chi connectivity index (χ3n) is 4.96. The van der Waals surface area contributed by atoms with Gasteiger partial charge in [0.15, 0.2) is 6.61 Å². The Morgan fingerprint density at radius 1 is 1.06 bits per heavy atom. The lowest BCUT2D eigenvalue weighted by molar-refractivity contribution is -0.142. The molecule has 0 bridgehead atoms. The molecule has 0 radical (unpaired) electrons. The third kappa shape index (κ3) is 7.39. The van der Waals surface area contributed by atoms with Crippen molar-refractivity contribution in [3.8, 4) is 5.75 Å². The van der Waals surface area contributed by atoms with Crippen LogP contribution >= 0.6 is 39.1 Å². The van der Waals surface area contributed by atoms with E-state index >= 15 is 0 Å². The van der Waals surface area contributed by atoms with E-state index in [2.05, 4.69) is 21.2 Å². The molecule has 8 heteroatoms. The van der Waals surface area contributed by atoms with E-state index in [-0.39, 0.29) is 25.0 Å². The molecule has 2 aromatic carbocycles. The van der Waals surface area contributed by atoms with Gasteiger partial charge in [0, 0.05) is 17.6 Å².